The Balaban J connectivity index is 1.74. The third kappa shape index (κ3) is 3.74. The molecule has 1 heterocycles. The SMILES string of the molecule is C[C@@H](NC1CCNCC1)C1CCCCCC1. The molecular weight excluding hydrogens is 196 g/mol. The fourth-order valence-electron chi connectivity index (χ4n) is 3.31. The fraction of sp³-hybridized carbons (Fsp3) is 1.00. The van der Waals surface area contributed by atoms with Gasteiger partial charge in [0.1, 0.15) is 0 Å². The summed E-state index contributed by atoms with van der Waals surface area (Å²) in [6, 6.07) is 1.51. The molecule has 0 radical (unpaired) electrons. The molecule has 1 atom stereocenters. The molecule has 16 heavy (non-hydrogen) atoms. The van der Waals surface area contributed by atoms with E-state index >= 15 is 0 Å². The van der Waals surface area contributed by atoms with Crippen LogP contribution in [0.4, 0.5) is 0 Å². The van der Waals surface area contributed by atoms with Crippen LogP contribution in [-0.4, -0.2) is 25.2 Å². The van der Waals surface area contributed by atoms with Crippen molar-refractivity contribution >= 4 is 0 Å². The summed E-state index contributed by atoms with van der Waals surface area (Å²) < 4.78 is 0. The van der Waals surface area contributed by atoms with Crippen LogP contribution in [0.5, 0.6) is 0 Å². The highest BCUT2D eigenvalue weighted by Crippen LogP contribution is 2.26. The summed E-state index contributed by atoms with van der Waals surface area (Å²) >= 11 is 0. The Kier molecular flexibility index (Phi) is 5.11. The maximum Gasteiger partial charge on any atom is 0.00938 e. The minimum absolute atomic E-state index is 0.737. The fourth-order valence-corrected chi connectivity index (χ4v) is 3.31. The molecule has 1 saturated carbocycles. The van der Waals surface area contributed by atoms with Crippen LogP contribution in [0.3, 0.4) is 0 Å². The largest absolute Gasteiger partial charge is 0.317 e. The summed E-state index contributed by atoms with van der Waals surface area (Å²) in [6.45, 7) is 4.82. The first kappa shape index (κ1) is 12.4. The van der Waals surface area contributed by atoms with Crippen molar-refractivity contribution in [3.05, 3.63) is 0 Å². The first-order chi connectivity index (χ1) is 7.86. The molecule has 1 aliphatic heterocycles. The van der Waals surface area contributed by atoms with Crippen molar-refractivity contribution in [2.45, 2.75) is 70.4 Å². The Morgan fingerprint density at radius 1 is 0.938 bits per heavy atom. The van der Waals surface area contributed by atoms with Gasteiger partial charge in [0.15, 0.2) is 0 Å². The zero-order valence-electron chi connectivity index (χ0n) is 10.8. The molecule has 2 N–H and O–H groups in total. The van der Waals surface area contributed by atoms with E-state index in [0.717, 1.165) is 18.0 Å². The zero-order chi connectivity index (χ0) is 11.2. The number of rotatable bonds is 3. The van der Waals surface area contributed by atoms with Gasteiger partial charge >= 0.3 is 0 Å². The first-order valence-corrected chi connectivity index (χ1v) is 7.33. The van der Waals surface area contributed by atoms with Crippen molar-refractivity contribution in [2.75, 3.05) is 13.1 Å². The van der Waals surface area contributed by atoms with Gasteiger partial charge < -0.3 is 10.6 Å². The van der Waals surface area contributed by atoms with Gasteiger partial charge in [0.2, 0.25) is 0 Å². The van der Waals surface area contributed by atoms with Crippen LogP contribution in [-0.2, 0) is 0 Å². The van der Waals surface area contributed by atoms with E-state index in [2.05, 4.69) is 17.6 Å². The van der Waals surface area contributed by atoms with E-state index < -0.39 is 0 Å². The van der Waals surface area contributed by atoms with Crippen molar-refractivity contribution in [1.82, 2.24) is 10.6 Å². The summed E-state index contributed by atoms with van der Waals surface area (Å²) in [4.78, 5) is 0. The van der Waals surface area contributed by atoms with Crippen LogP contribution in [0, 0.1) is 5.92 Å². The van der Waals surface area contributed by atoms with Gasteiger partial charge in [-0.1, -0.05) is 25.7 Å². The number of nitrogens with one attached hydrogen (secondary N) is 2. The van der Waals surface area contributed by atoms with Crippen LogP contribution < -0.4 is 10.6 Å². The number of hydrogen-bond donors (Lipinski definition) is 2. The summed E-state index contributed by atoms with van der Waals surface area (Å²) in [5.41, 5.74) is 0. The quantitative estimate of drug-likeness (QED) is 0.720. The van der Waals surface area contributed by atoms with E-state index in [0.29, 0.717) is 0 Å². The molecule has 94 valence electrons. The molecule has 2 heteroatoms. The standard InChI is InChI=1S/C14H28N2/c1-12(13-6-4-2-3-5-7-13)16-14-8-10-15-11-9-14/h12-16H,2-11H2,1H3/t12-/m1/s1. The molecule has 2 rings (SSSR count). The lowest BCUT2D eigenvalue weighted by Crippen LogP contribution is -2.46. The molecule has 2 fully saturated rings. The summed E-state index contributed by atoms with van der Waals surface area (Å²) in [5.74, 6) is 0.942. The predicted molar refractivity (Wildman–Crippen MR) is 69.7 cm³/mol. The summed E-state index contributed by atoms with van der Waals surface area (Å²) in [7, 11) is 0. The monoisotopic (exact) mass is 224 g/mol. The Morgan fingerprint density at radius 3 is 2.19 bits per heavy atom. The number of piperidine rings is 1. The first-order valence-electron chi connectivity index (χ1n) is 7.33. The highest BCUT2D eigenvalue weighted by Gasteiger charge is 2.22. The molecule has 1 aliphatic carbocycles. The van der Waals surface area contributed by atoms with Crippen molar-refractivity contribution in [2.24, 2.45) is 5.92 Å². The average Bonchev–Trinajstić information content (AvgIpc) is 2.59. The van der Waals surface area contributed by atoms with E-state index in [9.17, 15) is 0 Å². The molecule has 0 aromatic carbocycles. The number of hydrogen-bond acceptors (Lipinski definition) is 2. The van der Waals surface area contributed by atoms with Crippen molar-refractivity contribution < 1.29 is 0 Å². The van der Waals surface area contributed by atoms with Crippen LogP contribution in [0.25, 0.3) is 0 Å². The molecule has 0 aromatic heterocycles. The maximum absolute atomic E-state index is 3.88. The van der Waals surface area contributed by atoms with Crippen LogP contribution >= 0.6 is 0 Å². The van der Waals surface area contributed by atoms with Gasteiger partial charge in [-0.05, 0) is 51.6 Å². The Bertz CT molecular complexity index is 179. The molecular formula is C14H28N2. The molecule has 0 aromatic rings. The Morgan fingerprint density at radius 2 is 1.56 bits per heavy atom. The van der Waals surface area contributed by atoms with E-state index in [1.165, 1.54) is 64.5 Å². The van der Waals surface area contributed by atoms with Gasteiger partial charge in [-0.3, -0.25) is 0 Å². The van der Waals surface area contributed by atoms with E-state index in [-0.39, 0.29) is 0 Å². The maximum atomic E-state index is 3.88. The molecule has 2 nitrogen and oxygen atoms in total. The lowest BCUT2D eigenvalue weighted by Gasteiger charge is -2.31. The Labute approximate surface area is 101 Å². The van der Waals surface area contributed by atoms with E-state index in [1.54, 1.807) is 0 Å². The second-order valence-corrected chi connectivity index (χ2v) is 5.73. The van der Waals surface area contributed by atoms with Gasteiger partial charge in [0, 0.05) is 12.1 Å². The molecule has 0 spiro atoms. The Hall–Kier alpha value is -0.0800. The van der Waals surface area contributed by atoms with Crippen molar-refractivity contribution in [3.63, 3.8) is 0 Å². The molecule has 0 unspecified atom stereocenters. The summed E-state index contributed by atoms with van der Waals surface area (Å²) in [6.07, 6.45) is 11.4. The zero-order valence-corrected chi connectivity index (χ0v) is 10.8. The van der Waals surface area contributed by atoms with Crippen LogP contribution in [0.15, 0.2) is 0 Å². The topological polar surface area (TPSA) is 24.1 Å². The minimum atomic E-state index is 0.737. The highest BCUT2D eigenvalue weighted by atomic mass is 15.0. The summed E-state index contributed by atoms with van der Waals surface area (Å²) in [5, 5.41) is 7.31. The van der Waals surface area contributed by atoms with Gasteiger partial charge in [-0.25, -0.2) is 0 Å². The smallest absolute Gasteiger partial charge is 0.00938 e. The van der Waals surface area contributed by atoms with Crippen molar-refractivity contribution in [3.8, 4) is 0 Å². The second-order valence-electron chi connectivity index (χ2n) is 5.73. The normalized spacial score (nSPS) is 27.6. The highest BCUT2D eigenvalue weighted by molar-refractivity contribution is 4.81. The van der Waals surface area contributed by atoms with Gasteiger partial charge in [-0.2, -0.15) is 0 Å². The lowest BCUT2D eigenvalue weighted by atomic mass is 9.91. The van der Waals surface area contributed by atoms with Crippen LogP contribution in [0.1, 0.15) is 58.3 Å². The lowest BCUT2D eigenvalue weighted by molar-refractivity contribution is 0.279. The van der Waals surface area contributed by atoms with Gasteiger partial charge in [0.25, 0.3) is 0 Å². The third-order valence-corrected chi connectivity index (χ3v) is 4.44. The predicted octanol–water partition coefficient (Wildman–Crippen LogP) is 2.69. The molecule has 2 aliphatic rings. The average molecular weight is 224 g/mol. The van der Waals surface area contributed by atoms with Gasteiger partial charge in [0.05, 0.1) is 0 Å². The minimum Gasteiger partial charge on any atom is -0.317 e. The molecule has 1 saturated heterocycles. The second kappa shape index (κ2) is 6.61. The van der Waals surface area contributed by atoms with Crippen LogP contribution in [0.2, 0.25) is 0 Å². The molecule has 0 bridgehead atoms. The van der Waals surface area contributed by atoms with E-state index in [1.807, 2.05) is 0 Å². The van der Waals surface area contributed by atoms with Crippen molar-refractivity contribution in [1.29, 1.82) is 0 Å². The van der Waals surface area contributed by atoms with E-state index in [4.69, 9.17) is 0 Å². The molecule has 0 amide bonds. The van der Waals surface area contributed by atoms with Gasteiger partial charge in [-0.15, -0.1) is 0 Å². The third-order valence-electron chi connectivity index (χ3n) is 4.44.